The van der Waals surface area contributed by atoms with E-state index in [0.29, 0.717) is 12.1 Å². The van der Waals surface area contributed by atoms with Gasteiger partial charge < -0.3 is 5.32 Å². The smallest absolute Gasteiger partial charge is 0.251 e. The molecule has 29 heavy (non-hydrogen) atoms. The molecule has 0 atom stereocenters. The molecule has 1 amide bonds. The standard InChI is InChI=1S/C27H23NO/c29-26(22-13-5-1-6-14-22)28-21-27(23-15-7-2-8-16-23,24-17-9-3-10-18-24)25-19-11-4-12-20-25/h1-20H,21H2,(H,28,29). The number of hydrogen-bond donors (Lipinski definition) is 1. The van der Waals surface area contributed by atoms with Gasteiger partial charge in [0.15, 0.2) is 0 Å². The monoisotopic (exact) mass is 377 g/mol. The van der Waals surface area contributed by atoms with Gasteiger partial charge >= 0.3 is 0 Å². The van der Waals surface area contributed by atoms with Gasteiger partial charge in [-0.2, -0.15) is 0 Å². The van der Waals surface area contributed by atoms with Crippen LogP contribution in [0.3, 0.4) is 0 Å². The predicted molar refractivity (Wildman–Crippen MR) is 118 cm³/mol. The molecular formula is C27H23NO. The first-order valence-corrected chi connectivity index (χ1v) is 9.80. The molecule has 0 saturated carbocycles. The van der Waals surface area contributed by atoms with E-state index in [9.17, 15) is 4.79 Å². The molecule has 0 aliphatic rings. The second-order valence-corrected chi connectivity index (χ2v) is 7.05. The number of carbonyl (C=O) groups excluding carboxylic acids is 1. The van der Waals surface area contributed by atoms with Crippen molar-refractivity contribution in [3.63, 3.8) is 0 Å². The normalized spacial score (nSPS) is 11.0. The van der Waals surface area contributed by atoms with Crippen molar-refractivity contribution >= 4 is 5.91 Å². The van der Waals surface area contributed by atoms with Crippen LogP contribution in [0.5, 0.6) is 0 Å². The molecule has 0 spiro atoms. The third kappa shape index (κ3) is 3.83. The van der Waals surface area contributed by atoms with Gasteiger partial charge in [-0.15, -0.1) is 0 Å². The molecular weight excluding hydrogens is 354 g/mol. The molecule has 2 heteroatoms. The van der Waals surface area contributed by atoms with E-state index in [1.54, 1.807) is 0 Å². The summed E-state index contributed by atoms with van der Waals surface area (Å²) < 4.78 is 0. The van der Waals surface area contributed by atoms with Crippen LogP contribution in [0.15, 0.2) is 121 Å². The molecule has 0 radical (unpaired) electrons. The summed E-state index contributed by atoms with van der Waals surface area (Å²) in [4.78, 5) is 12.9. The summed E-state index contributed by atoms with van der Waals surface area (Å²) >= 11 is 0. The first-order valence-electron chi connectivity index (χ1n) is 9.80. The van der Waals surface area contributed by atoms with Crippen LogP contribution in [0.1, 0.15) is 27.0 Å². The minimum Gasteiger partial charge on any atom is -0.350 e. The highest BCUT2D eigenvalue weighted by Gasteiger charge is 2.36. The summed E-state index contributed by atoms with van der Waals surface area (Å²) in [6.45, 7) is 0.457. The highest BCUT2D eigenvalue weighted by molar-refractivity contribution is 5.94. The zero-order valence-electron chi connectivity index (χ0n) is 16.2. The van der Waals surface area contributed by atoms with E-state index < -0.39 is 5.41 Å². The van der Waals surface area contributed by atoms with E-state index in [1.165, 1.54) is 0 Å². The van der Waals surface area contributed by atoms with Gasteiger partial charge in [0, 0.05) is 12.1 Å². The number of carbonyl (C=O) groups is 1. The predicted octanol–water partition coefficient (Wildman–Crippen LogP) is 5.45. The largest absolute Gasteiger partial charge is 0.350 e. The van der Waals surface area contributed by atoms with Gasteiger partial charge in [0.2, 0.25) is 0 Å². The molecule has 0 aliphatic heterocycles. The maximum atomic E-state index is 12.9. The van der Waals surface area contributed by atoms with Crippen LogP contribution in [0.25, 0.3) is 0 Å². The highest BCUT2D eigenvalue weighted by atomic mass is 16.1. The lowest BCUT2D eigenvalue weighted by molar-refractivity contribution is 0.0948. The van der Waals surface area contributed by atoms with Crippen LogP contribution < -0.4 is 5.32 Å². The van der Waals surface area contributed by atoms with Crippen molar-refractivity contribution in [2.45, 2.75) is 5.41 Å². The lowest BCUT2D eigenvalue weighted by Crippen LogP contribution is -2.42. The van der Waals surface area contributed by atoms with Crippen molar-refractivity contribution in [2.24, 2.45) is 0 Å². The fourth-order valence-corrected chi connectivity index (χ4v) is 3.88. The maximum Gasteiger partial charge on any atom is 0.251 e. The lowest BCUT2D eigenvalue weighted by atomic mass is 9.69. The van der Waals surface area contributed by atoms with Crippen LogP contribution in [0, 0.1) is 0 Å². The Balaban J connectivity index is 1.83. The van der Waals surface area contributed by atoms with Crippen molar-refractivity contribution in [1.82, 2.24) is 5.32 Å². The SMILES string of the molecule is O=C(NCC(c1ccccc1)(c1ccccc1)c1ccccc1)c1ccccc1. The Morgan fingerprint density at radius 2 is 0.897 bits per heavy atom. The van der Waals surface area contributed by atoms with Gasteiger partial charge in [-0.1, -0.05) is 109 Å². The van der Waals surface area contributed by atoms with Crippen LogP contribution in [-0.2, 0) is 5.41 Å². The molecule has 1 N–H and O–H groups in total. The lowest BCUT2D eigenvalue weighted by Gasteiger charge is -2.36. The van der Waals surface area contributed by atoms with Crippen LogP contribution in [-0.4, -0.2) is 12.5 Å². The van der Waals surface area contributed by atoms with E-state index in [0.717, 1.165) is 16.7 Å². The Bertz CT molecular complexity index is 948. The molecule has 4 aromatic carbocycles. The molecule has 0 saturated heterocycles. The summed E-state index contributed by atoms with van der Waals surface area (Å²) in [6.07, 6.45) is 0. The van der Waals surface area contributed by atoms with E-state index in [-0.39, 0.29) is 5.91 Å². The Hall–Kier alpha value is -3.65. The van der Waals surface area contributed by atoms with Gasteiger partial charge in [0.1, 0.15) is 0 Å². The summed E-state index contributed by atoms with van der Waals surface area (Å²) in [5.74, 6) is -0.0715. The van der Waals surface area contributed by atoms with Crippen LogP contribution in [0.2, 0.25) is 0 Å². The number of benzene rings is 4. The zero-order valence-corrected chi connectivity index (χ0v) is 16.2. The number of rotatable bonds is 6. The van der Waals surface area contributed by atoms with E-state index in [4.69, 9.17) is 0 Å². The first kappa shape index (κ1) is 18.7. The minimum absolute atomic E-state index is 0.0715. The molecule has 0 unspecified atom stereocenters. The third-order valence-electron chi connectivity index (χ3n) is 5.35. The Morgan fingerprint density at radius 1 is 0.552 bits per heavy atom. The summed E-state index contributed by atoms with van der Waals surface area (Å²) in [7, 11) is 0. The van der Waals surface area contributed by atoms with Crippen molar-refractivity contribution < 1.29 is 4.79 Å². The fourth-order valence-electron chi connectivity index (χ4n) is 3.88. The van der Waals surface area contributed by atoms with E-state index in [1.807, 2.05) is 48.5 Å². The van der Waals surface area contributed by atoms with Gasteiger partial charge in [-0.25, -0.2) is 0 Å². The topological polar surface area (TPSA) is 29.1 Å². The molecule has 0 aliphatic carbocycles. The molecule has 4 rings (SSSR count). The molecule has 4 aromatic rings. The van der Waals surface area contributed by atoms with Crippen LogP contribution >= 0.6 is 0 Å². The third-order valence-corrected chi connectivity index (χ3v) is 5.35. The molecule has 0 aromatic heterocycles. The first-order chi connectivity index (χ1) is 14.3. The second-order valence-electron chi connectivity index (χ2n) is 7.05. The minimum atomic E-state index is -0.492. The highest BCUT2D eigenvalue weighted by Crippen LogP contribution is 2.38. The Labute approximate surface area is 171 Å². The van der Waals surface area contributed by atoms with Gasteiger partial charge in [-0.05, 0) is 28.8 Å². The quantitative estimate of drug-likeness (QED) is 0.445. The maximum absolute atomic E-state index is 12.9. The van der Waals surface area contributed by atoms with Gasteiger partial charge in [0.05, 0.1) is 5.41 Å². The number of nitrogens with one attached hydrogen (secondary N) is 1. The average molecular weight is 377 g/mol. The van der Waals surface area contributed by atoms with Gasteiger partial charge in [0.25, 0.3) is 5.91 Å². The van der Waals surface area contributed by atoms with E-state index in [2.05, 4.69) is 78.1 Å². The van der Waals surface area contributed by atoms with E-state index >= 15 is 0 Å². The number of hydrogen-bond acceptors (Lipinski definition) is 1. The molecule has 142 valence electrons. The van der Waals surface area contributed by atoms with Crippen molar-refractivity contribution in [1.29, 1.82) is 0 Å². The molecule has 0 fully saturated rings. The Kier molecular flexibility index (Phi) is 5.53. The average Bonchev–Trinajstić information content (AvgIpc) is 2.82. The number of amides is 1. The zero-order chi connectivity index (χ0) is 19.9. The van der Waals surface area contributed by atoms with Gasteiger partial charge in [-0.3, -0.25) is 4.79 Å². The molecule has 0 heterocycles. The van der Waals surface area contributed by atoms with Crippen molar-refractivity contribution in [3.8, 4) is 0 Å². The Morgan fingerprint density at radius 3 is 1.28 bits per heavy atom. The molecule has 2 nitrogen and oxygen atoms in total. The van der Waals surface area contributed by atoms with Crippen LogP contribution in [0.4, 0.5) is 0 Å². The second kappa shape index (κ2) is 8.57. The van der Waals surface area contributed by atoms with Crippen molar-refractivity contribution in [2.75, 3.05) is 6.54 Å². The summed E-state index contributed by atoms with van der Waals surface area (Å²) in [6, 6.07) is 40.5. The fraction of sp³-hybridized carbons (Fsp3) is 0.0741. The van der Waals surface area contributed by atoms with Crippen molar-refractivity contribution in [3.05, 3.63) is 144 Å². The summed E-state index contributed by atoms with van der Waals surface area (Å²) in [5.41, 5.74) is 3.60. The molecule has 0 bridgehead atoms. The summed E-state index contributed by atoms with van der Waals surface area (Å²) in [5, 5.41) is 3.20.